The Morgan fingerprint density at radius 3 is 2.77 bits per heavy atom. The van der Waals surface area contributed by atoms with Crippen LogP contribution in [0.2, 0.25) is 0 Å². The van der Waals surface area contributed by atoms with Crippen molar-refractivity contribution in [3.8, 4) is 0 Å². The zero-order chi connectivity index (χ0) is 19.1. The molecule has 0 spiro atoms. The molecule has 0 aromatic carbocycles. The first-order chi connectivity index (χ1) is 12.5. The van der Waals surface area contributed by atoms with Crippen LogP contribution in [0.1, 0.15) is 45.4 Å². The minimum atomic E-state index is -0.422. The predicted octanol–water partition coefficient (Wildman–Crippen LogP) is 2.48. The summed E-state index contributed by atoms with van der Waals surface area (Å²) in [7, 11) is 0. The second-order valence-corrected chi connectivity index (χ2v) is 5.96. The van der Waals surface area contributed by atoms with Gasteiger partial charge in [0, 0.05) is 37.7 Å². The number of carbonyl (C=O) groups excluding carboxylic acids is 2. The molecular weight excluding hydrogens is 332 g/mol. The number of nitrogens with one attached hydrogen (secondary N) is 1. The Morgan fingerprint density at radius 1 is 1.38 bits per heavy atom. The maximum Gasteiger partial charge on any atom is 0.355 e. The van der Waals surface area contributed by atoms with Gasteiger partial charge in [-0.1, -0.05) is 6.08 Å². The van der Waals surface area contributed by atoms with Gasteiger partial charge in [-0.25, -0.2) is 9.78 Å². The molecule has 0 atom stereocenters. The van der Waals surface area contributed by atoms with Gasteiger partial charge in [0.15, 0.2) is 0 Å². The number of rotatable bonds is 9. The van der Waals surface area contributed by atoms with Gasteiger partial charge in [-0.2, -0.15) is 0 Å². The highest BCUT2D eigenvalue weighted by Crippen LogP contribution is 2.23. The monoisotopic (exact) mass is 358 g/mol. The van der Waals surface area contributed by atoms with Crippen LogP contribution in [0.15, 0.2) is 31.4 Å². The fraction of sp³-hybridized carbons (Fsp3) is 0.421. The van der Waals surface area contributed by atoms with Crippen LogP contribution in [0.5, 0.6) is 0 Å². The lowest BCUT2D eigenvalue weighted by molar-refractivity contribution is 0.0513. The average molecular weight is 358 g/mol. The third-order valence-corrected chi connectivity index (χ3v) is 4.21. The summed E-state index contributed by atoms with van der Waals surface area (Å²) in [6, 6.07) is 0. The van der Waals surface area contributed by atoms with Gasteiger partial charge in [-0.15, -0.1) is 6.58 Å². The second-order valence-electron chi connectivity index (χ2n) is 5.96. The van der Waals surface area contributed by atoms with E-state index < -0.39 is 5.97 Å². The molecule has 7 nitrogen and oxygen atoms in total. The van der Waals surface area contributed by atoms with E-state index in [-0.39, 0.29) is 12.5 Å². The first-order valence-electron chi connectivity index (χ1n) is 8.72. The number of amides is 1. The predicted molar refractivity (Wildman–Crippen MR) is 99.2 cm³/mol. The van der Waals surface area contributed by atoms with Gasteiger partial charge in [-0.05, 0) is 32.8 Å². The molecule has 0 fully saturated rings. The number of allylic oxidation sites excluding steroid dienone is 1. The van der Waals surface area contributed by atoms with Crippen molar-refractivity contribution in [3.63, 3.8) is 0 Å². The molecule has 0 aliphatic carbocycles. The smallest absolute Gasteiger partial charge is 0.355 e. The van der Waals surface area contributed by atoms with E-state index in [1.807, 2.05) is 17.7 Å². The van der Waals surface area contributed by atoms with Crippen molar-refractivity contribution in [1.29, 1.82) is 0 Å². The highest BCUT2D eigenvalue weighted by atomic mass is 16.5. The molecule has 2 aromatic rings. The van der Waals surface area contributed by atoms with Crippen LogP contribution in [0.3, 0.4) is 0 Å². The molecule has 1 amide bonds. The fourth-order valence-electron chi connectivity index (χ4n) is 3.02. The third-order valence-electron chi connectivity index (χ3n) is 4.21. The second kappa shape index (κ2) is 9.03. The number of esters is 1. The maximum absolute atomic E-state index is 12.7. The molecule has 0 saturated heterocycles. The Balaban J connectivity index is 2.13. The molecule has 1 N–H and O–H groups in total. The highest BCUT2D eigenvalue weighted by Gasteiger charge is 2.26. The summed E-state index contributed by atoms with van der Waals surface area (Å²) in [5.74, 6) is -0.604. The number of aryl methyl sites for hydroxylation is 1. The zero-order valence-electron chi connectivity index (χ0n) is 15.6. The third kappa shape index (κ3) is 4.22. The molecule has 0 aliphatic heterocycles. The standard InChI is InChI=1S/C19H26N4O3/c1-5-10-23-15(4)16(14(3)17(23)19(25)26-6-2)18(24)21-8-7-11-22-12-9-20-13-22/h5,9,12-13H,1,6-8,10-11H2,2-4H3,(H,21,24). The van der Waals surface area contributed by atoms with Gasteiger partial charge >= 0.3 is 5.97 Å². The Hall–Kier alpha value is -2.83. The molecule has 2 rings (SSSR count). The summed E-state index contributed by atoms with van der Waals surface area (Å²) >= 11 is 0. The molecule has 0 saturated carbocycles. The van der Waals surface area contributed by atoms with Gasteiger partial charge < -0.3 is 19.2 Å². The van der Waals surface area contributed by atoms with Crippen molar-refractivity contribution in [1.82, 2.24) is 19.4 Å². The number of carbonyl (C=O) groups is 2. The number of nitrogens with zero attached hydrogens (tertiary/aromatic N) is 3. The first-order valence-corrected chi connectivity index (χ1v) is 8.72. The van der Waals surface area contributed by atoms with Crippen LogP contribution in [-0.2, 0) is 17.8 Å². The fourth-order valence-corrected chi connectivity index (χ4v) is 3.02. The van der Waals surface area contributed by atoms with E-state index in [4.69, 9.17) is 4.74 Å². The number of aromatic nitrogens is 3. The van der Waals surface area contributed by atoms with Crippen LogP contribution in [0.25, 0.3) is 0 Å². The van der Waals surface area contributed by atoms with E-state index in [2.05, 4.69) is 16.9 Å². The summed E-state index contributed by atoms with van der Waals surface area (Å²) < 4.78 is 8.89. The number of hydrogen-bond acceptors (Lipinski definition) is 4. The van der Waals surface area contributed by atoms with Gasteiger partial charge in [-0.3, -0.25) is 4.79 Å². The van der Waals surface area contributed by atoms with Crippen molar-refractivity contribution in [2.75, 3.05) is 13.2 Å². The Kier molecular flexibility index (Phi) is 6.77. The van der Waals surface area contributed by atoms with Crippen LogP contribution >= 0.6 is 0 Å². The Bertz CT molecular complexity index is 775. The van der Waals surface area contributed by atoms with Crippen molar-refractivity contribution in [2.45, 2.75) is 40.3 Å². The number of imidazole rings is 1. The lowest BCUT2D eigenvalue weighted by Gasteiger charge is -2.09. The van der Waals surface area contributed by atoms with Gasteiger partial charge in [0.2, 0.25) is 0 Å². The van der Waals surface area contributed by atoms with E-state index in [1.54, 1.807) is 37.0 Å². The van der Waals surface area contributed by atoms with Crippen LogP contribution in [0, 0.1) is 13.8 Å². The lowest BCUT2D eigenvalue weighted by Crippen LogP contribution is -2.26. The Morgan fingerprint density at radius 2 is 2.15 bits per heavy atom. The number of ether oxygens (including phenoxy) is 1. The van der Waals surface area contributed by atoms with Crippen molar-refractivity contribution < 1.29 is 14.3 Å². The molecule has 140 valence electrons. The van der Waals surface area contributed by atoms with E-state index >= 15 is 0 Å². The summed E-state index contributed by atoms with van der Waals surface area (Å²) in [5, 5.41) is 2.93. The van der Waals surface area contributed by atoms with E-state index in [0.717, 1.165) is 18.7 Å². The largest absolute Gasteiger partial charge is 0.461 e. The topological polar surface area (TPSA) is 78.2 Å². The van der Waals surface area contributed by atoms with E-state index in [9.17, 15) is 9.59 Å². The Labute approximate surface area is 153 Å². The SMILES string of the molecule is C=CCn1c(C)c(C(=O)NCCCn2ccnc2)c(C)c1C(=O)OCC. The molecule has 0 radical (unpaired) electrons. The van der Waals surface area contributed by atoms with Crippen molar-refractivity contribution in [2.24, 2.45) is 0 Å². The molecule has 2 heterocycles. The van der Waals surface area contributed by atoms with Crippen LogP contribution < -0.4 is 5.32 Å². The molecule has 0 bridgehead atoms. The summed E-state index contributed by atoms with van der Waals surface area (Å²) in [4.78, 5) is 29.0. The van der Waals surface area contributed by atoms with Crippen LogP contribution in [-0.4, -0.2) is 39.1 Å². The van der Waals surface area contributed by atoms with Crippen LogP contribution in [0.4, 0.5) is 0 Å². The van der Waals surface area contributed by atoms with E-state index in [1.165, 1.54) is 0 Å². The van der Waals surface area contributed by atoms with Gasteiger partial charge in [0.05, 0.1) is 18.5 Å². The van der Waals surface area contributed by atoms with E-state index in [0.29, 0.717) is 29.9 Å². The lowest BCUT2D eigenvalue weighted by atomic mass is 10.1. The minimum Gasteiger partial charge on any atom is -0.461 e. The minimum absolute atomic E-state index is 0.181. The summed E-state index contributed by atoms with van der Waals surface area (Å²) in [6.07, 6.45) is 7.85. The maximum atomic E-state index is 12.7. The zero-order valence-corrected chi connectivity index (χ0v) is 15.6. The first kappa shape index (κ1) is 19.5. The van der Waals surface area contributed by atoms with Crippen molar-refractivity contribution >= 4 is 11.9 Å². The molecular formula is C19H26N4O3. The normalized spacial score (nSPS) is 10.6. The molecule has 2 aromatic heterocycles. The summed E-state index contributed by atoms with van der Waals surface area (Å²) in [5.41, 5.74) is 2.30. The van der Waals surface area contributed by atoms with Gasteiger partial charge in [0.25, 0.3) is 5.91 Å². The molecule has 0 aliphatic rings. The highest BCUT2D eigenvalue weighted by molar-refractivity contribution is 6.01. The molecule has 7 heteroatoms. The summed E-state index contributed by atoms with van der Waals surface area (Å²) in [6.45, 7) is 11.1. The average Bonchev–Trinajstić information content (AvgIpc) is 3.19. The quantitative estimate of drug-likeness (QED) is 0.424. The van der Waals surface area contributed by atoms with Gasteiger partial charge in [0.1, 0.15) is 5.69 Å². The number of hydrogen-bond donors (Lipinski definition) is 1. The molecule has 0 unspecified atom stereocenters. The molecule has 26 heavy (non-hydrogen) atoms. The van der Waals surface area contributed by atoms with Crippen molar-refractivity contribution in [3.05, 3.63) is 53.9 Å².